The number of likely N-dealkylation sites (N-methyl/N-ethyl adjacent to an activating group) is 1. The van der Waals surface area contributed by atoms with Crippen LogP contribution < -0.4 is 4.74 Å². The van der Waals surface area contributed by atoms with Gasteiger partial charge in [-0.05, 0) is 31.2 Å². The Morgan fingerprint density at radius 1 is 1.33 bits per heavy atom. The predicted octanol–water partition coefficient (Wildman–Crippen LogP) is 1.70. The van der Waals surface area contributed by atoms with Crippen molar-refractivity contribution < 1.29 is 18.7 Å². The van der Waals surface area contributed by atoms with Crippen LogP contribution in [0.2, 0.25) is 0 Å². The summed E-state index contributed by atoms with van der Waals surface area (Å²) in [4.78, 5) is 13.0. The molecule has 0 atom stereocenters. The molecule has 0 aliphatic carbocycles. The van der Waals surface area contributed by atoms with E-state index in [-0.39, 0.29) is 18.3 Å². The molecule has 1 aromatic rings. The zero-order valence-corrected chi connectivity index (χ0v) is 10.7. The lowest BCUT2D eigenvalue weighted by Gasteiger charge is -2.17. The molecule has 0 N–H and O–H groups in total. The Hall–Kier alpha value is -1.62. The van der Waals surface area contributed by atoms with Gasteiger partial charge in [-0.25, -0.2) is 4.39 Å². The number of carbonyl (C=O) groups excluding carboxylic acids is 1. The molecule has 0 unspecified atom stereocenters. The molecule has 0 spiro atoms. The van der Waals surface area contributed by atoms with E-state index in [1.54, 1.807) is 24.1 Å². The first-order valence-electron chi connectivity index (χ1n) is 5.83. The summed E-state index contributed by atoms with van der Waals surface area (Å²) in [5.74, 6) is 0.202. The van der Waals surface area contributed by atoms with Crippen LogP contribution in [-0.2, 0) is 9.53 Å². The van der Waals surface area contributed by atoms with Gasteiger partial charge in [0.05, 0.1) is 6.54 Å². The second kappa shape index (κ2) is 7.66. The Bertz CT molecular complexity index is 367. The average Bonchev–Trinajstić information content (AvgIpc) is 2.38. The molecule has 0 radical (unpaired) electrons. The van der Waals surface area contributed by atoms with Crippen LogP contribution in [0.1, 0.15) is 6.92 Å². The van der Waals surface area contributed by atoms with Gasteiger partial charge in [-0.15, -0.1) is 0 Å². The molecule has 0 aliphatic rings. The van der Waals surface area contributed by atoms with Crippen molar-refractivity contribution in [1.82, 2.24) is 4.90 Å². The third kappa shape index (κ3) is 5.14. The Morgan fingerprint density at radius 3 is 2.61 bits per heavy atom. The van der Waals surface area contributed by atoms with E-state index < -0.39 is 0 Å². The number of hydrogen-bond donors (Lipinski definition) is 0. The average molecular weight is 255 g/mol. The number of benzene rings is 1. The quantitative estimate of drug-likeness (QED) is 0.744. The topological polar surface area (TPSA) is 38.8 Å². The van der Waals surface area contributed by atoms with Crippen molar-refractivity contribution in [3.63, 3.8) is 0 Å². The van der Waals surface area contributed by atoms with Gasteiger partial charge in [-0.1, -0.05) is 0 Å². The molecule has 18 heavy (non-hydrogen) atoms. The molecular formula is C13H18FNO3. The second-order valence-electron chi connectivity index (χ2n) is 3.75. The number of amides is 1. The Kier molecular flexibility index (Phi) is 6.14. The van der Waals surface area contributed by atoms with Gasteiger partial charge in [-0.2, -0.15) is 0 Å². The van der Waals surface area contributed by atoms with Crippen LogP contribution in [0, 0.1) is 5.82 Å². The van der Waals surface area contributed by atoms with E-state index in [0.29, 0.717) is 25.5 Å². The predicted molar refractivity (Wildman–Crippen MR) is 66.0 cm³/mol. The van der Waals surface area contributed by atoms with Crippen LogP contribution in [0.5, 0.6) is 5.75 Å². The molecule has 4 nitrogen and oxygen atoms in total. The van der Waals surface area contributed by atoms with Crippen molar-refractivity contribution in [3.8, 4) is 5.75 Å². The SMILES string of the molecule is CCOCC(=O)N(C)CCOc1ccc(F)cc1. The fourth-order valence-corrected chi connectivity index (χ4v) is 1.26. The zero-order chi connectivity index (χ0) is 13.4. The molecule has 1 rings (SSSR count). The maximum atomic E-state index is 12.6. The molecule has 0 heterocycles. The van der Waals surface area contributed by atoms with E-state index in [1.807, 2.05) is 6.92 Å². The van der Waals surface area contributed by atoms with Gasteiger partial charge in [0.1, 0.15) is 24.8 Å². The molecule has 0 aromatic heterocycles. The van der Waals surface area contributed by atoms with E-state index >= 15 is 0 Å². The van der Waals surface area contributed by atoms with Crippen molar-refractivity contribution in [2.75, 3.05) is 33.4 Å². The summed E-state index contributed by atoms with van der Waals surface area (Å²) in [6.07, 6.45) is 0. The van der Waals surface area contributed by atoms with Crippen molar-refractivity contribution in [1.29, 1.82) is 0 Å². The monoisotopic (exact) mass is 255 g/mol. The molecule has 0 saturated heterocycles. The molecule has 0 aliphatic heterocycles. The van der Waals surface area contributed by atoms with Crippen LogP contribution >= 0.6 is 0 Å². The van der Waals surface area contributed by atoms with Crippen LogP contribution in [0.25, 0.3) is 0 Å². The van der Waals surface area contributed by atoms with E-state index in [0.717, 1.165) is 0 Å². The summed E-state index contributed by atoms with van der Waals surface area (Å²) in [7, 11) is 1.69. The molecule has 100 valence electrons. The first kappa shape index (κ1) is 14.4. The minimum absolute atomic E-state index is 0.0837. The third-order valence-corrected chi connectivity index (χ3v) is 2.36. The van der Waals surface area contributed by atoms with Crippen molar-refractivity contribution >= 4 is 5.91 Å². The van der Waals surface area contributed by atoms with Crippen molar-refractivity contribution in [2.45, 2.75) is 6.92 Å². The standard InChI is InChI=1S/C13H18FNO3/c1-3-17-10-13(16)15(2)8-9-18-12-6-4-11(14)5-7-12/h4-7H,3,8-10H2,1-2H3. The molecule has 1 aromatic carbocycles. The van der Waals surface area contributed by atoms with Gasteiger partial charge in [0.25, 0.3) is 0 Å². The highest BCUT2D eigenvalue weighted by Gasteiger charge is 2.08. The number of halogens is 1. The van der Waals surface area contributed by atoms with E-state index in [2.05, 4.69) is 0 Å². The third-order valence-electron chi connectivity index (χ3n) is 2.36. The number of carbonyl (C=O) groups is 1. The Balaban J connectivity index is 2.24. The highest BCUT2D eigenvalue weighted by atomic mass is 19.1. The van der Waals surface area contributed by atoms with E-state index in [9.17, 15) is 9.18 Å². The largest absolute Gasteiger partial charge is 0.492 e. The summed E-state index contributed by atoms with van der Waals surface area (Å²) in [5.41, 5.74) is 0. The maximum absolute atomic E-state index is 12.6. The summed E-state index contributed by atoms with van der Waals surface area (Å²) in [6, 6.07) is 5.77. The molecule has 1 amide bonds. The van der Waals surface area contributed by atoms with Gasteiger partial charge < -0.3 is 14.4 Å². The lowest BCUT2D eigenvalue weighted by molar-refractivity contribution is -0.134. The molecule has 0 bridgehead atoms. The second-order valence-corrected chi connectivity index (χ2v) is 3.75. The number of hydrogen-bond acceptors (Lipinski definition) is 3. The fourth-order valence-electron chi connectivity index (χ4n) is 1.26. The molecule has 5 heteroatoms. The van der Waals surface area contributed by atoms with Gasteiger partial charge in [-0.3, -0.25) is 4.79 Å². The minimum atomic E-state index is -0.300. The first-order chi connectivity index (χ1) is 8.63. The summed E-state index contributed by atoms with van der Waals surface area (Å²) >= 11 is 0. The molecule has 0 fully saturated rings. The van der Waals surface area contributed by atoms with Gasteiger partial charge in [0.15, 0.2) is 0 Å². The van der Waals surface area contributed by atoms with E-state index in [4.69, 9.17) is 9.47 Å². The highest BCUT2D eigenvalue weighted by molar-refractivity contribution is 5.77. The van der Waals surface area contributed by atoms with Crippen LogP contribution in [0.15, 0.2) is 24.3 Å². The Labute approximate surface area is 106 Å². The van der Waals surface area contributed by atoms with Crippen LogP contribution in [-0.4, -0.2) is 44.2 Å². The minimum Gasteiger partial charge on any atom is -0.492 e. The van der Waals surface area contributed by atoms with Crippen LogP contribution in [0.3, 0.4) is 0 Å². The number of nitrogens with zero attached hydrogens (tertiary/aromatic N) is 1. The van der Waals surface area contributed by atoms with Gasteiger partial charge in [0, 0.05) is 13.7 Å². The zero-order valence-electron chi connectivity index (χ0n) is 10.7. The van der Waals surface area contributed by atoms with Gasteiger partial charge >= 0.3 is 0 Å². The van der Waals surface area contributed by atoms with Crippen LogP contribution in [0.4, 0.5) is 4.39 Å². The van der Waals surface area contributed by atoms with Gasteiger partial charge in [0.2, 0.25) is 5.91 Å². The first-order valence-corrected chi connectivity index (χ1v) is 5.83. The number of ether oxygens (including phenoxy) is 2. The highest BCUT2D eigenvalue weighted by Crippen LogP contribution is 2.10. The van der Waals surface area contributed by atoms with Crippen molar-refractivity contribution in [3.05, 3.63) is 30.1 Å². The fraction of sp³-hybridized carbons (Fsp3) is 0.462. The Morgan fingerprint density at radius 2 is 2.00 bits per heavy atom. The van der Waals surface area contributed by atoms with Crippen molar-refractivity contribution in [2.24, 2.45) is 0 Å². The maximum Gasteiger partial charge on any atom is 0.248 e. The normalized spacial score (nSPS) is 10.2. The number of rotatable bonds is 7. The summed E-state index contributed by atoms with van der Waals surface area (Å²) < 4.78 is 23.0. The molecular weight excluding hydrogens is 237 g/mol. The summed E-state index contributed by atoms with van der Waals surface area (Å²) in [5, 5.41) is 0. The van der Waals surface area contributed by atoms with E-state index in [1.165, 1.54) is 12.1 Å². The smallest absolute Gasteiger partial charge is 0.248 e. The summed E-state index contributed by atoms with van der Waals surface area (Å²) in [6.45, 7) is 3.27. The lowest BCUT2D eigenvalue weighted by Crippen LogP contribution is -2.33. The lowest BCUT2D eigenvalue weighted by atomic mass is 10.3. The molecule has 0 saturated carbocycles.